The molecule has 2 nitrogen and oxygen atoms in total. The van der Waals surface area contributed by atoms with Gasteiger partial charge in [-0.15, -0.1) is 0 Å². The Hall–Kier alpha value is -2.48. The molecule has 28 heavy (non-hydrogen) atoms. The minimum Gasteiger partial charge on any atom is -0.239 e. The van der Waals surface area contributed by atoms with E-state index in [0.29, 0.717) is 0 Å². The van der Waals surface area contributed by atoms with Crippen molar-refractivity contribution in [1.29, 1.82) is 0 Å². The molecule has 0 fully saturated rings. The molecule has 0 amide bonds. The highest BCUT2D eigenvalue weighted by Gasteiger charge is 2.41. The van der Waals surface area contributed by atoms with Gasteiger partial charge in [-0.2, -0.15) is 4.57 Å². The Labute approximate surface area is 167 Å². The standard InChI is InChI=1S/C26H29N2/c1-6-26(7-2)16-28-15-21(25(3,4)5)27-23-19-12-9-8-11-17(19)18-13-10-14-20(26)22(18)24(23)28/h8-15H,6-7,16H2,1-5H3/q+1. The molecule has 0 saturated carbocycles. The summed E-state index contributed by atoms with van der Waals surface area (Å²) < 4.78 is 2.53. The van der Waals surface area contributed by atoms with Gasteiger partial charge in [-0.3, -0.25) is 0 Å². The number of hydrogen-bond donors (Lipinski definition) is 0. The zero-order valence-corrected chi connectivity index (χ0v) is 17.6. The summed E-state index contributed by atoms with van der Waals surface area (Å²) >= 11 is 0. The van der Waals surface area contributed by atoms with Crippen LogP contribution in [0.4, 0.5) is 0 Å². The molecular formula is C26H29N2+. The predicted molar refractivity (Wildman–Crippen MR) is 118 cm³/mol. The first-order valence-electron chi connectivity index (χ1n) is 10.6. The summed E-state index contributed by atoms with van der Waals surface area (Å²) in [6.45, 7) is 12.5. The van der Waals surface area contributed by atoms with Crippen LogP contribution >= 0.6 is 0 Å². The maximum atomic E-state index is 5.24. The Morgan fingerprint density at radius 1 is 0.929 bits per heavy atom. The largest absolute Gasteiger partial charge is 0.240 e. The predicted octanol–water partition coefficient (Wildman–Crippen LogP) is 6.20. The summed E-state index contributed by atoms with van der Waals surface area (Å²) in [6, 6.07) is 15.7. The van der Waals surface area contributed by atoms with Crippen molar-refractivity contribution in [1.82, 2.24) is 4.98 Å². The maximum absolute atomic E-state index is 5.24. The first-order valence-corrected chi connectivity index (χ1v) is 10.6. The molecule has 1 aromatic heterocycles. The molecule has 0 bridgehead atoms. The van der Waals surface area contributed by atoms with E-state index in [1.165, 1.54) is 38.3 Å². The first-order chi connectivity index (χ1) is 13.4. The van der Waals surface area contributed by atoms with E-state index in [0.717, 1.165) is 24.9 Å². The summed E-state index contributed by atoms with van der Waals surface area (Å²) in [4.78, 5) is 5.24. The molecule has 4 aromatic rings. The van der Waals surface area contributed by atoms with Crippen LogP contribution in [-0.4, -0.2) is 4.98 Å². The average molecular weight is 370 g/mol. The van der Waals surface area contributed by atoms with Crippen molar-refractivity contribution in [2.24, 2.45) is 0 Å². The number of rotatable bonds is 2. The van der Waals surface area contributed by atoms with Crippen molar-refractivity contribution < 1.29 is 4.57 Å². The Kier molecular flexibility index (Phi) is 3.62. The molecule has 0 N–H and O–H groups in total. The molecule has 0 saturated heterocycles. The Balaban J connectivity index is 2.10. The molecule has 5 rings (SSSR count). The van der Waals surface area contributed by atoms with E-state index in [1.54, 1.807) is 0 Å². The molecule has 0 radical (unpaired) electrons. The van der Waals surface area contributed by atoms with E-state index < -0.39 is 0 Å². The third kappa shape index (κ3) is 2.21. The number of nitrogens with zero attached hydrogens (tertiary/aromatic N) is 2. The van der Waals surface area contributed by atoms with Crippen molar-refractivity contribution in [3.8, 4) is 0 Å². The summed E-state index contributed by atoms with van der Waals surface area (Å²) in [7, 11) is 0. The van der Waals surface area contributed by atoms with Gasteiger partial charge in [0.25, 0.3) is 0 Å². The molecule has 1 aliphatic heterocycles. The maximum Gasteiger partial charge on any atom is 0.240 e. The third-order valence-corrected chi connectivity index (χ3v) is 6.96. The molecule has 2 heteroatoms. The van der Waals surface area contributed by atoms with Gasteiger partial charge in [-0.25, -0.2) is 4.98 Å². The number of fused-ring (bicyclic) bond motifs is 3. The lowest BCUT2D eigenvalue weighted by atomic mass is 9.71. The summed E-state index contributed by atoms with van der Waals surface area (Å²) in [6.07, 6.45) is 4.62. The van der Waals surface area contributed by atoms with Crippen molar-refractivity contribution in [2.75, 3.05) is 0 Å². The van der Waals surface area contributed by atoms with Gasteiger partial charge >= 0.3 is 0 Å². The number of aromatic nitrogens is 2. The van der Waals surface area contributed by atoms with Crippen LogP contribution in [-0.2, 0) is 17.4 Å². The zero-order valence-electron chi connectivity index (χ0n) is 17.6. The summed E-state index contributed by atoms with van der Waals surface area (Å²) in [5.74, 6) is 0. The van der Waals surface area contributed by atoms with Crippen LogP contribution in [0.25, 0.3) is 32.6 Å². The number of benzene rings is 3. The third-order valence-electron chi connectivity index (χ3n) is 6.96. The highest BCUT2D eigenvalue weighted by atomic mass is 15.0. The lowest BCUT2D eigenvalue weighted by Crippen LogP contribution is -2.50. The van der Waals surface area contributed by atoms with Crippen molar-refractivity contribution in [2.45, 2.75) is 64.8 Å². The van der Waals surface area contributed by atoms with Gasteiger partial charge in [0.1, 0.15) is 11.2 Å². The van der Waals surface area contributed by atoms with E-state index in [2.05, 4.69) is 87.8 Å². The van der Waals surface area contributed by atoms with Gasteiger partial charge in [0.05, 0.1) is 10.8 Å². The highest BCUT2D eigenvalue weighted by molar-refractivity contribution is 6.23. The lowest BCUT2D eigenvalue weighted by molar-refractivity contribution is -0.682. The Bertz CT molecular complexity index is 1240. The molecule has 0 atom stereocenters. The van der Waals surface area contributed by atoms with E-state index in [1.807, 2.05) is 0 Å². The Morgan fingerprint density at radius 2 is 1.61 bits per heavy atom. The normalized spacial score (nSPS) is 15.8. The molecule has 0 spiro atoms. The van der Waals surface area contributed by atoms with E-state index >= 15 is 0 Å². The van der Waals surface area contributed by atoms with Crippen LogP contribution in [0.1, 0.15) is 58.7 Å². The SMILES string of the molecule is CCC1(CC)C[n+]2cc(C(C)(C)C)nc3c4ccccc4c4cccc1c4c32. The van der Waals surface area contributed by atoms with Gasteiger partial charge in [0.2, 0.25) is 5.52 Å². The van der Waals surface area contributed by atoms with Crippen LogP contribution < -0.4 is 4.57 Å². The van der Waals surface area contributed by atoms with Crippen LogP contribution in [0.5, 0.6) is 0 Å². The summed E-state index contributed by atoms with van der Waals surface area (Å²) in [5.41, 5.74) is 5.36. The van der Waals surface area contributed by atoms with Crippen LogP contribution in [0, 0.1) is 0 Å². The van der Waals surface area contributed by atoms with Crippen molar-refractivity contribution in [3.05, 3.63) is 59.9 Å². The fourth-order valence-electron chi connectivity index (χ4n) is 5.15. The van der Waals surface area contributed by atoms with Crippen molar-refractivity contribution >= 4 is 32.6 Å². The average Bonchev–Trinajstić information content (AvgIpc) is 2.71. The van der Waals surface area contributed by atoms with Gasteiger partial charge in [0.15, 0.2) is 12.7 Å². The molecule has 0 unspecified atom stereocenters. The molecule has 142 valence electrons. The fraction of sp³-hybridized carbons (Fsp3) is 0.385. The summed E-state index contributed by atoms with van der Waals surface area (Å²) in [5, 5.41) is 5.37. The van der Waals surface area contributed by atoms with Crippen LogP contribution in [0.2, 0.25) is 0 Å². The molecule has 2 heterocycles. The second-order valence-corrected chi connectivity index (χ2v) is 9.46. The second-order valence-electron chi connectivity index (χ2n) is 9.46. The minimum atomic E-state index is 0.0196. The topological polar surface area (TPSA) is 16.8 Å². The van der Waals surface area contributed by atoms with Crippen LogP contribution in [0.15, 0.2) is 48.7 Å². The molecular weight excluding hydrogens is 340 g/mol. The van der Waals surface area contributed by atoms with Gasteiger partial charge in [-0.1, -0.05) is 77.1 Å². The van der Waals surface area contributed by atoms with E-state index in [-0.39, 0.29) is 10.8 Å². The highest BCUT2D eigenvalue weighted by Crippen LogP contribution is 2.44. The van der Waals surface area contributed by atoms with Gasteiger partial charge in [-0.05, 0) is 29.2 Å². The van der Waals surface area contributed by atoms with E-state index in [4.69, 9.17) is 4.98 Å². The first kappa shape index (κ1) is 17.6. The van der Waals surface area contributed by atoms with Crippen LogP contribution in [0.3, 0.4) is 0 Å². The van der Waals surface area contributed by atoms with E-state index in [9.17, 15) is 0 Å². The lowest BCUT2D eigenvalue weighted by Gasteiger charge is -2.34. The monoisotopic (exact) mass is 369 g/mol. The molecule has 1 aliphatic rings. The van der Waals surface area contributed by atoms with Gasteiger partial charge in [0, 0.05) is 10.8 Å². The second kappa shape index (κ2) is 5.76. The molecule has 0 aliphatic carbocycles. The van der Waals surface area contributed by atoms with Crippen molar-refractivity contribution in [3.63, 3.8) is 0 Å². The molecule has 3 aromatic carbocycles. The van der Waals surface area contributed by atoms with Gasteiger partial charge < -0.3 is 0 Å². The smallest absolute Gasteiger partial charge is 0.239 e. The minimum absolute atomic E-state index is 0.0196. The Morgan fingerprint density at radius 3 is 2.29 bits per heavy atom. The quantitative estimate of drug-likeness (QED) is 0.304. The number of hydrogen-bond acceptors (Lipinski definition) is 1. The fourth-order valence-corrected chi connectivity index (χ4v) is 5.15. The zero-order chi connectivity index (χ0) is 19.7.